The van der Waals surface area contributed by atoms with Gasteiger partial charge in [-0.2, -0.15) is 0 Å². The lowest BCUT2D eigenvalue weighted by Gasteiger charge is -2.05. The van der Waals surface area contributed by atoms with Crippen LogP contribution in [-0.4, -0.2) is 20.2 Å². The van der Waals surface area contributed by atoms with Gasteiger partial charge in [0, 0.05) is 15.4 Å². The van der Waals surface area contributed by atoms with E-state index in [4.69, 9.17) is 17.3 Å². The second-order valence-corrected chi connectivity index (χ2v) is 8.90. The average Bonchev–Trinajstić information content (AvgIpc) is 3.24. The van der Waals surface area contributed by atoms with Gasteiger partial charge in [-0.25, -0.2) is 8.42 Å². The molecule has 0 amide bonds. The molecule has 3 rings (SSSR count). The smallest absolute Gasteiger partial charge is 0.182 e. The number of hydrogen-bond acceptors (Lipinski definition) is 3. The van der Waals surface area contributed by atoms with Crippen molar-refractivity contribution in [1.29, 1.82) is 0 Å². The van der Waals surface area contributed by atoms with Gasteiger partial charge in [0.25, 0.3) is 0 Å². The second-order valence-electron chi connectivity index (χ2n) is 5.44. The molecule has 1 fully saturated rings. The van der Waals surface area contributed by atoms with Crippen LogP contribution in [0.2, 0.25) is 5.02 Å². The summed E-state index contributed by atoms with van der Waals surface area (Å²) < 4.78 is 26.6. The Bertz CT molecular complexity index is 775. The Morgan fingerprint density at radius 2 is 1.64 bits per heavy atom. The lowest BCUT2D eigenvalue weighted by atomic mass is 10.1. The third-order valence-electron chi connectivity index (χ3n) is 4.12. The maximum Gasteiger partial charge on any atom is 0.182 e. The summed E-state index contributed by atoms with van der Waals surface area (Å²) in [5.74, 6) is -0.0827. The van der Waals surface area contributed by atoms with Gasteiger partial charge in [0.15, 0.2) is 9.84 Å². The Kier molecular flexibility index (Phi) is 4.34. The molecule has 0 aromatic heterocycles. The van der Waals surface area contributed by atoms with Crippen molar-refractivity contribution in [2.24, 2.45) is 11.7 Å². The molecular formula is C16H15BrClNO2S. The summed E-state index contributed by atoms with van der Waals surface area (Å²) >= 11 is 9.22. The van der Waals surface area contributed by atoms with Gasteiger partial charge in [0.2, 0.25) is 0 Å². The van der Waals surface area contributed by atoms with Crippen molar-refractivity contribution < 1.29 is 8.42 Å². The fourth-order valence-electron chi connectivity index (χ4n) is 2.95. The number of hydrogen-bond donors (Lipinski definition) is 1. The monoisotopic (exact) mass is 399 g/mol. The Morgan fingerprint density at radius 3 is 2.18 bits per heavy atom. The average molecular weight is 401 g/mol. The molecule has 3 nitrogen and oxygen atoms in total. The highest BCUT2D eigenvalue weighted by molar-refractivity contribution is 9.10. The molecule has 0 radical (unpaired) electrons. The fourth-order valence-corrected chi connectivity index (χ4v) is 5.56. The third kappa shape index (κ3) is 2.83. The zero-order valence-electron chi connectivity index (χ0n) is 11.6. The van der Waals surface area contributed by atoms with E-state index < -0.39 is 15.1 Å². The number of rotatable bonds is 4. The van der Waals surface area contributed by atoms with Crippen LogP contribution in [0.5, 0.6) is 0 Å². The maximum absolute atomic E-state index is 12.8. The van der Waals surface area contributed by atoms with Gasteiger partial charge in [0.1, 0.15) is 0 Å². The molecule has 1 saturated carbocycles. The summed E-state index contributed by atoms with van der Waals surface area (Å²) in [6.45, 7) is 0.359. The second kappa shape index (κ2) is 5.96. The van der Waals surface area contributed by atoms with E-state index in [9.17, 15) is 8.42 Å². The first-order valence-electron chi connectivity index (χ1n) is 6.90. The SMILES string of the molecule is NC[C@H]1[C@H](c2ccc(Br)cc2)[C@@H]1S(=O)(=O)c1ccc(Cl)cc1. The van der Waals surface area contributed by atoms with Crippen LogP contribution in [0, 0.1) is 5.92 Å². The molecule has 0 unspecified atom stereocenters. The summed E-state index contributed by atoms with van der Waals surface area (Å²) in [5, 5.41) is 0.0643. The highest BCUT2D eigenvalue weighted by Gasteiger charge is 2.57. The Balaban J connectivity index is 1.93. The molecule has 0 saturated heterocycles. The van der Waals surface area contributed by atoms with E-state index in [1.807, 2.05) is 24.3 Å². The van der Waals surface area contributed by atoms with Crippen LogP contribution >= 0.6 is 27.5 Å². The van der Waals surface area contributed by atoms with Crippen LogP contribution in [0.4, 0.5) is 0 Å². The van der Waals surface area contributed by atoms with Gasteiger partial charge in [-0.3, -0.25) is 0 Å². The molecule has 116 valence electrons. The van der Waals surface area contributed by atoms with E-state index in [1.54, 1.807) is 24.3 Å². The third-order valence-corrected chi connectivity index (χ3v) is 7.19. The molecule has 0 bridgehead atoms. The van der Waals surface area contributed by atoms with Crippen molar-refractivity contribution in [2.75, 3.05) is 6.54 Å². The summed E-state index contributed by atoms with van der Waals surface area (Å²) in [6.07, 6.45) is 0. The molecule has 2 aromatic carbocycles. The van der Waals surface area contributed by atoms with Crippen LogP contribution in [0.25, 0.3) is 0 Å². The molecule has 22 heavy (non-hydrogen) atoms. The summed E-state index contributed by atoms with van der Waals surface area (Å²) in [5.41, 5.74) is 6.80. The predicted octanol–water partition coefficient (Wildman–Crippen LogP) is 3.62. The fraction of sp³-hybridized carbons (Fsp3) is 0.250. The minimum Gasteiger partial charge on any atom is -0.330 e. The largest absolute Gasteiger partial charge is 0.330 e. The summed E-state index contributed by atoms with van der Waals surface area (Å²) in [6, 6.07) is 14.1. The zero-order chi connectivity index (χ0) is 15.9. The topological polar surface area (TPSA) is 60.2 Å². The van der Waals surface area contributed by atoms with Gasteiger partial charge in [-0.05, 0) is 54.4 Å². The first-order chi connectivity index (χ1) is 10.4. The van der Waals surface area contributed by atoms with E-state index in [-0.39, 0.29) is 11.8 Å². The van der Waals surface area contributed by atoms with Crippen molar-refractivity contribution in [2.45, 2.75) is 16.1 Å². The van der Waals surface area contributed by atoms with Crippen molar-refractivity contribution >= 4 is 37.4 Å². The minimum absolute atomic E-state index is 0.0400. The van der Waals surface area contributed by atoms with Crippen molar-refractivity contribution in [1.82, 2.24) is 0 Å². The molecule has 0 spiro atoms. The first-order valence-corrected chi connectivity index (χ1v) is 9.62. The molecule has 3 atom stereocenters. The van der Waals surface area contributed by atoms with Crippen LogP contribution in [0.3, 0.4) is 0 Å². The van der Waals surface area contributed by atoms with E-state index in [0.29, 0.717) is 16.5 Å². The van der Waals surface area contributed by atoms with Crippen molar-refractivity contribution in [3.8, 4) is 0 Å². The lowest BCUT2D eigenvalue weighted by molar-refractivity contribution is 0.591. The molecule has 1 aliphatic rings. The number of nitrogens with two attached hydrogens (primary N) is 1. The molecule has 0 aliphatic heterocycles. The number of sulfone groups is 1. The maximum atomic E-state index is 12.8. The van der Waals surface area contributed by atoms with Gasteiger partial charge in [-0.15, -0.1) is 0 Å². The zero-order valence-corrected chi connectivity index (χ0v) is 14.8. The van der Waals surface area contributed by atoms with E-state index in [1.165, 1.54) is 0 Å². The van der Waals surface area contributed by atoms with Crippen LogP contribution in [0.15, 0.2) is 57.9 Å². The van der Waals surface area contributed by atoms with E-state index in [2.05, 4.69) is 15.9 Å². The Hall–Kier alpha value is -0.880. The highest BCUT2D eigenvalue weighted by Crippen LogP contribution is 2.53. The predicted molar refractivity (Wildman–Crippen MR) is 91.9 cm³/mol. The highest BCUT2D eigenvalue weighted by atomic mass is 79.9. The molecule has 6 heteroatoms. The molecular weight excluding hydrogens is 386 g/mol. The van der Waals surface area contributed by atoms with E-state index in [0.717, 1.165) is 10.0 Å². The van der Waals surface area contributed by atoms with Crippen LogP contribution < -0.4 is 5.73 Å². The van der Waals surface area contributed by atoms with E-state index >= 15 is 0 Å². The molecule has 1 aliphatic carbocycles. The quantitative estimate of drug-likeness (QED) is 0.852. The normalized spacial score (nSPS) is 24.2. The van der Waals surface area contributed by atoms with Crippen LogP contribution in [0.1, 0.15) is 11.5 Å². The van der Waals surface area contributed by atoms with Crippen LogP contribution in [-0.2, 0) is 9.84 Å². The minimum atomic E-state index is -3.40. The Labute approximate surface area is 143 Å². The number of benzene rings is 2. The Morgan fingerprint density at radius 1 is 1.05 bits per heavy atom. The van der Waals surface area contributed by atoms with Gasteiger partial charge in [-0.1, -0.05) is 39.7 Å². The molecule has 0 heterocycles. The molecule has 2 N–H and O–H groups in total. The lowest BCUT2D eigenvalue weighted by Crippen LogP contribution is -2.13. The van der Waals surface area contributed by atoms with Gasteiger partial charge < -0.3 is 5.73 Å². The van der Waals surface area contributed by atoms with Crippen molar-refractivity contribution in [3.05, 3.63) is 63.6 Å². The molecule has 2 aromatic rings. The first kappa shape index (κ1) is 16.0. The summed E-state index contributed by atoms with van der Waals surface area (Å²) in [7, 11) is -3.40. The van der Waals surface area contributed by atoms with Crippen molar-refractivity contribution in [3.63, 3.8) is 0 Å². The number of halogens is 2. The van der Waals surface area contributed by atoms with Gasteiger partial charge in [0.05, 0.1) is 10.1 Å². The standard InChI is InChI=1S/C16H15BrClNO2S/c17-11-3-1-10(2-4-11)15-14(9-19)16(15)22(20,21)13-7-5-12(18)6-8-13/h1-8,14-16H,9,19H2/t14-,15-,16+/m0/s1. The van der Waals surface area contributed by atoms with Gasteiger partial charge >= 0.3 is 0 Å². The summed E-state index contributed by atoms with van der Waals surface area (Å²) in [4.78, 5) is 0.306.